The Bertz CT molecular complexity index is 497. The maximum Gasteiger partial charge on any atom is 0.282 e. The first-order valence-corrected chi connectivity index (χ1v) is 10.1. The van der Waals surface area contributed by atoms with Crippen LogP contribution in [0.15, 0.2) is 0 Å². The third kappa shape index (κ3) is 3.43. The first-order chi connectivity index (χ1) is 11.0. The predicted octanol–water partition coefficient (Wildman–Crippen LogP) is -0.837. The number of nitrogens with zero attached hydrogens (tertiary/aromatic N) is 3. The molecule has 0 aromatic rings. The zero-order valence-corrected chi connectivity index (χ0v) is 14.9. The molecule has 0 bridgehead atoms. The molecule has 0 unspecified atom stereocenters. The fraction of sp³-hybridized carbons (Fsp3) is 1.00. The van der Waals surface area contributed by atoms with E-state index in [1.54, 1.807) is 8.61 Å². The number of rotatable bonds is 3. The third-order valence-corrected chi connectivity index (χ3v) is 8.15. The fourth-order valence-electron chi connectivity index (χ4n) is 4.30. The van der Waals surface area contributed by atoms with E-state index in [4.69, 9.17) is 0 Å². The second-order valence-electron chi connectivity index (χ2n) is 7.31. The fourth-order valence-corrected chi connectivity index (χ4v) is 5.89. The smallest absolute Gasteiger partial charge is 0.282 e. The molecule has 8 heteroatoms. The van der Waals surface area contributed by atoms with Crippen molar-refractivity contribution in [3.05, 3.63) is 0 Å². The molecular weight excluding hydrogens is 316 g/mol. The molecule has 0 saturated carbocycles. The summed E-state index contributed by atoms with van der Waals surface area (Å²) in [6.45, 7) is 5.97. The molecule has 134 valence electrons. The highest BCUT2D eigenvalue weighted by molar-refractivity contribution is 7.86. The summed E-state index contributed by atoms with van der Waals surface area (Å²) in [4.78, 5) is 2.16. The van der Waals surface area contributed by atoms with Crippen LogP contribution in [0, 0.1) is 11.3 Å². The van der Waals surface area contributed by atoms with Crippen molar-refractivity contribution in [1.82, 2.24) is 18.8 Å². The number of piperazine rings is 1. The van der Waals surface area contributed by atoms with E-state index in [-0.39, 0.29) is 17.9 Å². The average molecular weight is 346 g/mol. The second-order valence-corrected chi connectivity index (χ2v) is 9.23. The molecule has 3 rings (SSSR count). The highest BCUT2D eigenvalue weighted by atomic mass is 32.2. The van der Waals surface area contributed by atoms with Gasteiger partial charge in [0.25, 0.3) is 10.2 Å². The van der Waals surface area contributed by atoms with Crippen LogP contribution in [-0.4, -0.2) is 93.0 Å². The van der Waals surface area contributed by atoms with Crippen LogP contribution in [0.4, 0.5) is 0 Å². The average Bonchev–Trinajstić information content (AvgIpc) is 2.56. The summed E-state index contributed by atoms with van der Waals surface area (Å²) in [5, 5.41) is 13.0. The predicted molar refractivity (Wildman–Crippen MR) is 89.3 cm³/mol. The van der Waals surface area contributed by atoms with Gasteiger partial charge in [-0.3, -0.25) is 0 Å². The Morgan fingerprint density at radius 2 is 1.65 bits per heavy atom. The van der Waals surface area contributed by atoms with Crippen molar-refractivity contribution >= 4 is 10.2 Å². The Hall–Kier alpha value is -0.250. The molecule has 3 heterocycles. The normalized spacial score (nSPS) is 31.5. The van der Waals surface area contributed by atoms with Gasteiger partial charge in [0.05, 0.1) is 0 Å². The summed E-state index contributed by atoms with van der Waals surface area (Å²) in [7, 11) is -1.30. The van der Waals surface area contributed by atoms with Gasteiger partial charge >= 0.3 is 0 Å². The Morgan fingerprint density at radius 3 is 2.26 bits per heavy atom. The van der Waals surface area contributed by atoms with Gasteiger partial charge in [0.15, 0.2) is 0 Å². The molecule has 0 aromatic carbocycles. The number of hydrogen-bond donors (Lipinski definition) is 2. The lowest BCUT2D eigenvalue weighted by atomic mass is 9.65. The number of hydrogen-bond acceptors (Lipinski definition) is 5. The molecule has 1 atom stereocenters. The van der Waals surface area contributed by atoms with Gasteiger partial charge in [-0.25, -0.2) is 0 Å². The summed E-state index contributed by atoms with van der Waals surface area (Å²) in [6.07, 6.45) is 2.78. The highest BCUT2D eigenvalue weighted by Gasteiger charge is 2.45. The van der Waals surface area contributed by atoms with Crippen molar-refractivity contribution in [2.24, 2.45) is 11.3 Å². The van der Waals surface area contributed by atoms with Gasteiger partial charge in [0, 0.05) is 58.3 Å². The standard InChI is InChI=1S/C15H30N4O3S/c1-17-8-10-19(11-9-17)23(21,22)18-6-3-15(4-7-18)2-5-16-12-14(15)13-20/h14,16,20H,2-13H2,1H3/t14-/m1/s1. The summed E-state index contributed by atoms with van der Waals surface area (Å²) in [6, 6.07) is 0. The number of nitrogens with one attached hydrogen (secondary N) is 1. The minimum atomic E-state index is -3.33. The summed E-state index contributed by atoms with van der Waals surface area (Å²) in [5.41, 5.74) is 0.119. The van der Waals surface area contributed by atoms with E-state index in [9.17, 15) is 13.5 Å². The van der Waals surface area contributed by atoms with Gasteiger partial charge in [0.1, 0.15) is 0 Å². The highest BCUT2D eigenvalue weighted by Crippen LogP contribution is 2.44. The largest absolute Gasteiger partial charge is 0.396 e. The third-order valence-electron chi connectivity index (χ3n) is 6.11. The Labute approximate surface area is 139 Å². The zero-order valence-electron chi connectivity index (χ0n) is 14.1. The van der Waals surface area contributed by atoms with Gasteiger partial charge < -0.3 is 15.3 Å². The lowest BCUT2D eigenvalue weighted by molar-refractivity contribution is 0.0114. The van der Waals surface area contributed by atoms with Crippen molar-refractivity contribution in [2.75, 3.05) is 66.0 Å². The van der Waals surface area contributed by atoms with E-state index in [1.807, 2.05) is 7.05 Å². The quantitative estimate of drug-likeness (QED) is 0.697. The Kier molecular flexibility index (Phi) is 5.30. The van der Waals surface area contributed by atoms with Crippen LogP contribution < -0.4 is 5.32 Å². The zero-order chi connectivity index (χ0) is 16.5. The van der Waals surface area contributed by atoms with Gasteiger partial charge in [-0.05, 0) is 38.3 Å². The molecule has 0 amide bonds. The van der Waals surface area contributed by atoms with Crippen LogP contribution in [0.3, 0.4) is 0 Å². The molecule has 3 saturated heterocycles. The first kappa shape index (κ1) is 17.6. The summed E-state index contributed by atoms with van der Waals surface area (Å²) < 4.78 is 29.0. The van der Waals surface area contributed by atoms with Crippen molar-refractivity contribution < 1.29 is 13.5 Å². The topological polar surface area (TPSA) is 76.1 Å². The number of piperidine rings is 2. The second kappa shape index (κ2) is 6.93. The molecule has 2 N–H and O–H groups in total. The molecule has 0 aromatic heterocycles. The van der Waals surface area contributed by atoms with Crippen LogP contribution in [0.5, 0.6) is 0 Å². The molecule has 7 nitrogen and oxygen atoms in total. The molecule has 0 aliphatic carbocycles. The maximum atomic E-state index is 12.8. The number of aliphatic hydroxyl groups is 1. The van der Waals surface area contributed by atoms with E-state index in [1.165, 1.54) is 0 Å². The van der Waals surface area contributed by atoms with Crippen LogP contribution in [-0.2, 0) is 10.2 Å². The molecule has 0 radical (unpaired) electrons. The van der Waals surface area contributed by atoms with E-state index in [0.29, 0.717) is 26.2 Å². The van der Waals surface area contributed by atoms with Crippen LogP contribution in [0.25, 0.3) is 0 Å². The van der Waals surface area contributed by atoms with Crippen molar-refractivity contribution in [3.8, 4) is 0 Å². The minimum Gasteiger partial charge on any atom is -0.396 e. The first-order valence-electron chi connectivity index (χ1n) is 8.73. The van der Waals surface area contributed by atoms with Crippen molar-refractivity contribution in [2.45, 2.75) is 19.3 Å². The molecule has 3 aliphatic heterocycles. The van der Waals surface area contributed by atoms with E-state index >= 15 is 0 Å². The Morgan fingerprint density at radius 1 is 1.04 bits per heavy atom. The molecule has 3 aliphatic rings. The molecule has 3 fully saturated rings. The summed E-state index contributed by atoms with van der Waals surface area (Å²) in [5.74, 6) is 0.254. The van der Waals surface area contributed by atoms with Gasteiger partial charge in [-0.15, -0.1) is 0 Å². The lowest BCUT2D eigenvalue weighted by Crippen LogP contribution is -2.57. The molecular formula is C15H30N4O3S. The SMILES string of the molecule is CN1CCN(S(=O)(=O)N2CCC3(CCNC[C@@H]3CO)CC2)CC1. The van der Waals surface area contributed by atoms with Gasteiger partial charge in [0.2, 0.25) is 0 Å². The van der Waals surface area contributed by atoms with Gasteiger partial charge in [-0.1, -0.05) is 0 Å². The minimum absolute atomic E-state index is 0.119. The van der Waals surface area contributed by atoms with E-state index < -0.39 is 10.2 Å². The maximum absolute atomic E-state index is 12.8. The Balaban J connectivity index is 1.64. The van der Waals surface area contributed by atoms with E-state index in [0.717, 1.165) is 45.4 Å². The number of aliphatic hydroxyl groups excluding tert-OH is 1. The van der Waals surface area contributed by atoms with Crippen LogP contribution in [0.2, 0.25) is 0 Å². The molecule has 23 heavy (non-hydrogen) atoms. The monoisotopic (exact) mass is 346 g/mol. The van der Waals surface area contributed by atoms with Crippen molar-refractivity contribution in [1.29, 1.82) is 0 Å². The number of likely N-dealkylation sites (N-methyl/N-ethyl adjacent to an activating group) is 1. The van der Waals surface area contributed by atoms with E-state index in [2.05, 4.69) is 10.2 Å². The van der Waals surface area contributed by atoms with Crippen LogP contribution >= 0.6 is 0 Å². The van der Waals surface area contributed by atoms with Crippen molar-refractivity contribution in [3.63, 3.8) is 0 Å². The summed E-state index contributed by atoms with van der Waals surface area (Å²) >= 11 is 0. The van der Waals surface area contributed by atoms with Gasteiger partial charge in [-0.2, -0.15) is 17.0 Å². The molecule has 1 spiro atoms. The van der Waals surface area contributed by atoms with Crippen LogP contribution in [0.1, 0.15) is 19.3 Å². The lowest BCUT2D eigenvalue weighted by Gasteiger charge is -2.49.